The molecule has 6 heteroatoms. The molecule has 0 atom stereocenters. The van der Waals surface area contributed by atoms with Gasteiger partial charge in [-0.25, -0.2) is 0 Å². The second-order valence-electron chi connectivity index (χ2n) is 4.69. The second-order valence-corrected chi connectivity index (χ2v) is 4.69. The van der Waals surface area contributed by atoms with Crippen LogP contribution in [-0.2, 0) is 4.79 Å². The number of rotatable bonds is 6. The highest BCUT2D eigenvalue weighted by Crippen LogP contribution is 2.19. The molecule has 0 bridgehead atoms. The van der Waals surface area contributed by atoms with E-state index in [-0.39, 0.29) is 18.1 Å². The van der Waals surface area contributed by atoms with Crippen LogP contribution >= 0.6 is 0 Å². The zero-order valence-corrected chi connectivity index (χ0v) is 12.7. The highest BCUT2D eigenvalue weighted by atomic mass is 16.5. The van der Waals surface area contributed by atoms with Gasteiger partial charge in [-0.05, 0) is 13.8 Å². The van der Waals surface area contributed by atoms with Crippen molar-refractivity contribution in [3.05, 3.63) is 42.1 Å². The van der Waals surface area contributed by atoms with Crippen molar-refractivity contribution < 1.29 is 14.1 Å². The van der Waals surface area contributed by atoms with Gasteiger partial charge in [-0.3, -0.25) is 9.59 Å². The van der Waals surface area contributed by atoms with E-state index in [1.54, 1.807) is 11.0 Å². The van der Waals surface area contributed by atoms with Crippen LogP contribution in [-0.4, -0.2) is 41.5 Å². The summed E-state index contributed by atoms with van der Waals surface area (Å²) >= 11 is 0. The Kier molecular flexibility index (Phi) is 5.30. The first-order chi connectivity index (χ1) is 10.7. The van der Waals surface area contributed by atoms with Crippen molar-refractivity contribution in [2.24, 2.45) is 0 Å². The number of nitrogens with one attached hydrogen (secondary N) is 1. The van der Waals surface area contributed by atoms with Gasteiger partial charge in [0.25, 0.3) is 5.91 Å². The Labute approximate surface area is 129 Å². The zero-order chi connectivity index (χ0) is 15.9. The van der Waals surface area contributed by atoms with Crippen molar-refractivity contribution in [3.63, 3.8) is 0 Å². The Hall–Kier alpha value is -2.63. The molecule has 0 unspecified atom stereocenters. The van der Waals surface area contributed by atoms with Gasteiger partial charge < -0.3 is 14.7 Å². The first kappa shape index (κ1) is 15.8. The Morgan fingerprint density at radius 1 is 1.18 bits per heavy atom. The predicted molar refractivity (Wildman–Crippen MR) is 82.2 cm³/mol. The molecule has 2 rings (SSSR count). The van der Waals surface area contributed by atoms with Crippen molar-refractivity contribution in [1.82, 2.24) is 15.4 Å². The Balaban J connectivity index is 1.97. The highest BCUT2D eigenvalue weighted by Gasteiger charge is 2.16. The Bertz CT molecular complexity index is 633. The maximum absolute atomic E-state index is 12.0. The van der Waals surface area contributed by atoms with Gasteiger partial charge in [-0.15, -0.1) is 0 Å². The number of hydrogen-bond acceptors (Lipinski definition) is 4. The molecule has 6 nitrogen and oxygen atoms in total. The molecule has 0 aliphatic rings. The van der Waals surface area contributed by atoms with Crippen molar-refractivity contribution in [2.45, 2.75) is 13.8 Å². The summed E-state index contributed by atoms with van der Waals surface area (Å²) in [5, 5.41) is 6.30. The van der Waals surface area contributed by atoms with Crippen LogP contribution in [0.15, 0.2) is 40.9 Å². The van der Waals surface area contributed by atoms with Crippen LogP contribution in [0.25, 0.3) is 11.3 Å². The number of amides is 2. The molecule has 1 aromatic carbocycles. The monoisotopic (exact) mass is 301 g/mol. The SMILES string of the molecule is CCN(CC)C(=O)CNC(=O)c1cc(-c2ccccc2)on1. The van der Waals surface area contributed by atoms with Crippen LogP contribution in [0.1, 0.15) is 24.3 Å². The van der Waals surface area contributed by atoms with E-state index in [0.29, 0.717) is 18.8 Å². The summed E-state index contributed by atoms with van der Waals surface area (Å²) in [4.78, 5) is 25.5. The highest BCUT2D eigenvalue weighted by molar-refractivity contribution is 5.95. The van der Waals surface area contributed by atoms with Crippen molar-refractivity contribution >= 4 is 11.8 Å². The number of benzene rings is 1. The fourth-order valence-corrected chi connectivity index (χ4v) is 2.06. The predicted octanol–water partition coefficient (Wildman–Crippen LogP) is 1.94. The molecule has 2 amide bonds. The fourth-order valence-electron chi connectivity index (χ4n) is 2.06. The molecule has 1 heterocycles. The average Bonchev–Trinajstić information content (AvgIpc) is 3.04. The van der Waals surface area contributed by atoms with E-state index >= 15 is 0 Å². The van der Waals surface area contributed by atoms with Gasteiger partial charge in [0, 0.05) is 24.7 Å². The topological polar surface area (TPSA) is 75.4 Å². The van der Waals surface area contributed by atoms with E-state index in [9.17, 15) is 9.59 Å². The van der Waals surface area contributed by atoms with Gasteiger partial charge in [0.05, 0.1) is 6.54 Å². The summed E-state index contributed by atoms with van der Waals surface area (Å²) in [7, 11) is 0. The van der Waals surface area contributed by atoms with Crippen LogP contribution in [0, 0.1) is 0 Å². The maximum Gasteiger partial charge on any atom is 0.273 e. The second kappa shape index (κ2) is 7.40. The van der Waals surface area contributed by atoms with Crippen LogP contribution in [0.3, 0.4) is 0 Å². The van der Waals surface area contributed by atoms with Crippen LogP contribution in [0.5, 0.6) is 0 Å². The lowest BCUT2D eigenvalue weighted by atomic mass is 10.1. The largest absolute Gasteiger partial charge is 0.355 e. The van der Waals surface area contributed by atoms with Gasteiger partial charge in [0.2, 0.25) is 5.91 Å². The van der Waals surface area contributed by atoms with E-state index in [2.05, 4.69) is 10.5 Å². The molecule has 0 spiro atoms. The Morgan fingerprint density at radius 3 is 2.50 bits per heavy atom. The minimum atomic E-state index is -0.425. The molecule has 116 valence electrons. The summed E-state index contributed by atoms with van der Waals surface area (Å²) in [5.41, 5.74) is 1.000. The molecule has 1 N–H and O–H groups in total. The molecule has 0 aliphatic heterocycles. The fraction of sp³-hybridized carbons (Fsp3) is 0.312. The number of nitrogens with zero attached hydrogens (tertiary/aromatic N) is 2. The third-order valence-electron chi connectivity index (χ3n) is 3.32. The maximum atomic E-state index is 12.0. The normalized spacial score (nSPS) is 10.3. The van der Waals surface area contributed by atoms with Crippen molar-refractivity contribution in [3.8, 4) is 11.3 Å². The first-order valence-corrected chi connectivity index (χ1v) is 7.23. The van der Waals surface area contributed by atoms with E-state index < -0.39 is 5.91 Å². The summed E-state index contributed by atoms with van der Waals surface area (Å²) in [6.45, 7) is 4.98. The van der Waals surface area contributed by atoms with Gasteiger partial charge in [0.15, 0.2) is 11.5 Å². The number of hydrogen-bond donors (Lipinski definition) is 1. The summed E-state index contributed by atoms with van der Waals surface area (Å²) in [6.07, 6.45) is 0. The molecular formula is C16H19N3O3. The van der Waals surface area contributed by atoms with Crippen molar-refractivity contribution in [1.29, 1.82) is 0 Å². The number of likely N-dealkylation sites (N-methyl/N-ethyl adjacent to an activating group) is 1. The quantitative estimate of drug-likeness (QED) is 0.884. The van der Waals surface area contributed by atoms with Crippen LogP contribution in [0.4, 0.5) is 0 Å². The van der Waals surface area contributed by atoms with Gasteiger partial charge >= 0.3 is 0 Å². The molecule has 22 heavy (non-hydrogen) atoms. The molecule has 0 fully saturated rings. The van der Waals surface area contributed by atoms with Gasteiger partial charge in [0.1, 0.15) is 0 Å². The first-order valence-electron chi connectivity index (χ1n) is 7.23. The smallest absolute Gasteiger partial charge is 0.273 e. The Morgan fingerprint density at radius 2 is 1.86 bits per heavy atom. The molecule has 0 saturated heterocycles. The number of carbonyl (C=O) groups excluding carboxylic acids is 2. The minimum absolute atomic E-state index is 0.0476. The van der Waals surface area contributed by atoms with E-state index in [4.69, 9.17) is 4.52 Å². The standard InChI is InChI=1S/C16H19N3O3/c1-3-19(4-2)15(20)11-17-16(21)13-10-14(22-18-13)12-8-6-5-7-9-12/h5-10H,3-4,11H2,1-2H3,(H,17,21). The number of aromatic nitrogens is 1. The molecule has 0 saturated carbocycles. The lowest BCUT2D eigenvalue weighted by Gasteiger charge is -2.18. The van der Waals surface area contributed by atoms with E-state index in [0.717, 1.165) is 5.56 Å². The van der Waals surface area contributed by atoms with Crippen LogP contribution < -0.4 is 5.32 Å². The van der Waals surface area contributed by atoms with E-state index in [1.807, 2.05) is 44.2 Å². The molecular weight excluding hydrogens is 282 g/mol. The summed E-state index contributed by atoms with van der Waals surface area (Å²) in [5.74, 6) is -0.0302. The lowest BCUT2D eigenvalue weighted by Crippen LogP contribution is -2.40. The summed E-state index contributed by atoms with van der Waals surface area (Å²) in [6, 6.07) is 10.9. The van der Waals surface area contributed by atoms with Gasteiger partial charge in [-0.1, -0.05) is 35.5 Å². The molecule has 0 radical (unpaired) electrons. The lowest BCUT2D eigenvalue weighted by molar-refractivity contribution is -0.129. The average molecular weight is 301 g/mol. The summed E-state index contributed by atoms with van der Waals surface area (Å²) < 4.78 is 5.16. The van der Waals surface area contributed by atoms with E-state index in [1.165, 1.54) is 0 Å². The van der Waals surface area contributed by atoms with Gasteiger partial charge in [-0.2, -0.15) is 0 Å². The number of carbonyl (C=O) groups is 2. The minimum Gasteiger partial charge on any atom is -0.355 e. The third kappa shape index (κ3) is 3.72. The zero-order valence-electron chi connectivity index (χ0n) is 12.7. The molecule has 2 aromatic rings. The van der Waals surface area contributed by atoms with Crippen molar-refractivity contribution in [2.75, 3.05) is 19.6 Å². The molecule has 1 aromatic heterocycles. The van der Waals surface area contributed by atoms with Crippen LogP contribution in [0.2, 0.25) is 0 Å². The molecule has 0 aliphatic carbocycles. The third-order valence-corrected chi connectivity index (χ3v) is 3.32.